The van der Waals surface area contributed by atoms with Gasteiger partial charge in [0, 0.05) is 45.5 Å². The van der Waals surface area contributed by atoms with Gasteiger partial charge in [-0.1, -0.05) is 13.8 Å². The number of nitrogens with two attached hydrogens (primary N) is 1. The highest BCUT2D eigenvalue weighted by atomic mass is 15.3. The molecule has 2 rings (SSSR count). The van der Waals surface area contributed by atoms with E-state index in [9.17, 15) is 0 Å². The van der Waals surface area contributed by atoms with Crippen LogP contribution in [0.5, 0.6) is 0 Å². The van der Waals surface area contributed by atoms with Crippen LogP contribution in [0.2, 0.25) is 0 Å². The van der Waals surface area contributed by atoms with Crippen LogP contribution >= 0.6 is 0 Å². The first kappa shape index (κ1) is 13.2. The molecule has 5 nitrogen and oxygen atoms in total. The molecular formula is C13H23N5. The average molecular weight is 249 g/mol. The highest BCUT2D eigenvalue weighted by Crippen LogP contribution is 2.12. The first-order valence-corrected chi connectivity index (χ1v) is 6.68. The maximum Gasteiger partial charge on any atom is 0.225 e. The smallest absolute Gasteiger partial charge is 0.225 e. The van der Waals surface area contributed by atoms with Gasteiger partial charge in [0.1, 0.15) is 0 Å². The van der Waals surface area contributed by atoms with Crippen molar-refractivity contribution in [3.05, 3.63) is 18.0 Å². The molecule has 100 valence electrons. The summed E-state index contributed by atoms with van der Waals surface area (Å²) in [7, 11) is 0. The van der Waals surface area contributed by atoms with Crippen molar-refractivity contribution in [3.8, 4) is 0 Å². The molecule has 18 heavy (non-hydrogen) atoms. The first-order valence-electron chi connectivity index (χ1n) is 6.68. The fraction of sp³-hybridized carbons (Fsp3) is 0.692. The van der Waals surface area contributed by atoms with Gasteiger partial charge >= 0.3 is 0 Å². The zero-order valence-corrected chi connectivity index (χ0v) is 11.3. The van der Waals surface area contributed by atoms with Crippen molar-refractivity contribution in [2.24, 2.45) is 11.7 Å². The van der Waals surface area contributed by atoms with E-state index in [2.05, 4.69) is 33.6 Å². The van der Waals surface area contributed by atoms with E-state index in [0.29, 0.717) is 6.54 Å². The summed E-state index contributed by atoms with van der Waals surface area (Å²) in [4.78, 5) is 13.6. The minimum atomic E-state index is 0.475. The largest absolute Gasteiger partial charge is 0.338 e. The lowest BCUT2D eigenvalue weighted by molar-refractivity contribution is 0.230. The highest BCUT2D eigenvalue weighted by Gasteiger charge is 2.19. The van der Waals surface area contributed by atoms with Gasteiger partial charge < -0.3 is 10.6 Å². The summed E-state index contributed by atoms with van der Waals surface area (Å²) < 4.78 is 0. The highest BCUT2D eigenvalue weighted by molar-refractivity contribution is 5.31. The van der Waals surface area contributed by atoms with Gasteiger partial charge in [0.15, 0.2) is 0 Å². The van der Waals surface area contributed by atoms with Crippen LogP contribution in [0.4, 0.5) is 5.95 Å². The normalized spacial score (nSPS) is 17.4. The topological polar surface area (TPSA) is 58.3 Å². The van der Waals surface area contributed by atoms with Gasteiger partial charge in [0.2, 0.25) is 5.95 Å². The molecule has 1 aromatic rings. The van der Waals surface area contributed by atoms with Crippen molar-refractivity contribution in [2.75, 3.05) is 37.6 Å². The lowest BCUT2D eigenvalue weighted by Crippen LogP contribution is -2.48. The van der Waals surface area contributed by atoms with Crippen molar-refractivity contribution in [2.45, 2.75) is 20.4 Å². The molecule has 0 atom stereocenters. The predicted octanol–water partition coefficient (Wildman–Crippen LogP) is 0.713. The Morgan fingerprint density at radius 2 is 2.00 bits per heavy atom. The molecular weight excluding hydrogens is 226 g/mol. The van der Waals surface area contributed by atoms with Crippen molar-refractivity contribution in [1.82, 2.24) is 14.9 Å². The lowest BCUT2D eigenvalue weighted by atomic mass is 10.2. The van der Waals surface area contributed by atoms with Crippen LogP contribution in [0.25, 0.3) is 0 Å². The Kier molecular flexibility index (Phi) is 4.49. The fourth-order valence-corrected chi connectivity index (χ4v) is 2.30. The predicted molar refractivity (Wildman–Crippen MR) is 73.4 cm³/mol. The van der Waals surface area contributed by atoms with Crippen LogP contribution in [0.15, 0.2) is 12.3 Å². The third kappa shape index (κ3) is 3.40. The first-order chi connectivity index (χ1) is 8.69. The summed E-state index contributed by atoms with van der Waals surface area (Å²) in [5.41, 5.74) is 6.52. The van der Waals surface area contributed by atoms with Crippen molar-refractivity contribution in [3.63, 3.8) is 0 Å². The molecule has 0 aromatic carbocycles. The van der Waals surface area contributed by atoms with E-state index >= 15 is 0 Å². The van der Waals surface area contributed by atoms with Crippen LogP contribution in [-0.4, -0.2) is 47.6 Å². The standard InChI is InChI=1S/C13H23N5/c1-11(2)10-17-5-7-18(8-6-17)13-15-4-3-12(9-14)16-13/h3-4,11H,5-10,14H2,1-2H3. The maximum atomic E-state index is 5.61. The molecule has 1 aliphatic rings. The van der Waals surface area contributed by atoms with E-state index < -0.39 is 0 Å². The van der Waals surface area contributed by atoms with E-state index in [4.69, 9.17) is 5.73 Å². The number of aromatic nitrogens is 2. The molecule has 1 saturated heterocycles. The second kappa shape index (κ2) is 6.11. The number of rotatable bonds is 4. The molecule has 2 N–H and O–H groups in total. The summed E-state index contributed by atoms with van der Waals surface area (Å²) in [5.74, 6) is 1.55. The number of hydrogen-bond donors (Lipinski definition) is 1. The molecule has 0 aliphatic carbocycles. The second-order valence-corrected chi connectivity index (χ2v) is 5.23. The molecule has 0 radical (unpaired) electrons. The zero-order valence-electron chi connectivity index (χ0n) is 11.3. The number of piperazine rings is 1. The minimum Gasteiger partial charge on any atom is -0.338 e. The SMILES string of the molecule is CC(C)CN1CCN(c2nccc(CN)n2)CC1. The van der Waals surface area contributed by atoms with Crippen LogP contribution in [0, 0.1) is 5.92 Å². The Hall–Kier alpha value is -1.20. The van der Waals surface area contributed by atoms with Gasteiger partial charge in [0.25, 0.3) is 0 Å². The summed E-state index contributed by atoms with van der Waals surface area (Å²) in [6.07, 6.45) is 1.80. The van der Waals surface area contributed by atoms with Gasteiger partial charge in [-0.25, -0.2) is 9.97 Å². The van der Waals surface area contributed by atoms with Crippen molar-refractivity contribution in [1.29, 1.82) is 0 Å². The summed E-state index contributed by atoms with van der Waals surface area (Å²) in [5, 5.41) is 0. The lowest BCUT2D eigenvalue weighted by Gasteiger charge is -2.35. The quantitative estimate of drug-likeness (QED) is 0.852. The number of nitrogens with zero attached hydrogens (tertiary/aromatic N) is 4. The van der Waals surface area contributed by atoms with Gasteiger partial charge in [-0.3, -0.25) is 4.90 Å². The van der Waals surface area contributed by atoms with E-state index in [1.54, 1.807) is 6.20 Å². The number of anilines is 1. The Bertz CT molecular complexity index is 371. The maximum absolute atomic E-state index is 5.61. The summed E-state index contributed by atoms with van der Waals surface area (Å²) in [6, 6.07) is 1.87. The van der Waals surface area contributed by atoms with E-state index in [0.717, 1.165) is 43.7 Å². The fourth-order valence-electron chi connectivity index (χ4n) is 2.30. The van der Waals surface area contributed by atoms with Crippen LogP contribution in [0.1, 0.15) is 19.5 Å². The Balaban J connectivity index is 1.92. The molecule has 1 aliphatic heterocycles. The summed E-state index contributed by atoms with van der Waals surface area (Å²) in [6.45, 7) is 10.4. The van der Waals surface area contributed by atoms with E-state index in [-0.39, 0.29) is 0 Å². The molecule has 5 heteroatoms. The van der Waals surface area contributed by atoms with Crippen molar-refractivity contribution < 1.29 is 0 Å². The Morgan fingerprint density at radius 1 is 1.28 bits per heavy atom. The third-order valence-electron chi connectivity index (χ3n) is 3.19. The van der Waals surface area contributed by atoms with E-state index in [1.807, 2.05) is 6.07 Å². The minimum absolute atomic E-state index is 0.475. The summed E-state index contributed by atoms with van der Waals surface area (Å²) >= 11 is 0. The van der Waals surface area contributed by atoms with Gasteiger partial charge in [0.05, 0.1) is 5.69 Å². The molecule has 1 aromatic heterocycles. The van der Waals surface area contributed by atoms with Crippen LogP contribution < -0.4 is 10.6 Å². The van der Waals surface area contributed by atoms with Gasteiger partial charge in [-0.15, -0.1) is 0 Å². The van der Waals surface area contributed by atoms with Crippen molar-refractivity contribution >= 4 is 5.95 Å². The average Bonchev–Trinajstić information content (AvgIpc) is 2.39. The molecule has 0 unspecified atom stereocenters. The molecule has 0 spiro atoms. The zero-order chi connectivity index (χ0) is 13.0. The third-order valence-corrected chi connectivity index (χ3v) is 3.19. The molecule has 0 bridgehead atoms. The second-order valence-electron chi connectivity index (χ2n) is 5.23. The molecule has 2 heterocycles. The van der Waals surface area contributed by atoms with Gasteiger partial charge in [-0.2, -0.15) is 0 Å². The molecule has 0 saturated carbocycles. The monoisotopic (exact) mass is 249 g/mol. The van der Waals surface area contributed by atoms with Gasteiger partial charge in [-0.05, 0) is 12.0 Å². The van der Waals surface area contributed by atoms with Crippen LogP contribution in [-0.2, 0) is 6.54 Å². The Morgan fingerprint density at radius 3 is 2.61 bits per heavy atom. The Labute approximate surface area is 109 Å². The molecule has 0 amide bonds. The molecule has 1 fully saturated rings. The van der Waals surface area contributed by atoms with Crippen LogP contribution in [0.3, 0.4) is 0 Å². The number of hydrogen-bond acceptors (Lipinski definition) is 5. The van der Waals surface area contributed by atoms with E-state index in [1.165, 1.54) is 6.54 Å².